The van der Waals surface area contributed by atoms with Crippen molar-refractivity contribution in [2.75, 3.05) is 4.72 Å². The first kappa shape index (κ1) is 13.6. The molecule has 0 amide bonds. The van der Waals surface area contributed by atoms with E-state index in [-0.39, 0.29) is 17.9 Å². The number of aliphatic carboxylic acids is 1. The molecule has 0 aliphatic rings. The van der Waals surface area contributed by atoms with Gasteiger partial charge in [0.05, 0.1) is 24.8 Å². The summed E-state index contributed by atoms with van der Waals surface area (Å²) in [6, 6.07) is 1.65. The van der Waals surface area contributed by atoms with Crippen LogP contribution in [0.4, 0.5) is 5.69 Å². The number of nitrogens with one attached hydrogen (secondary N) is 1. The summed E-state index contributed by atoms with van der Waals surface area (Å²) in [6.45, 7) is 0.128. The van der Waals surface area contributed by atoms with Crippen LogP contribution in [0.1, 0.15) is 6.42 Å². The van der Waals surface area contributed by atoms with Crippen LogP contribution in [0.3, 0.4) is 0 Å². The molecule has 2 N–H and O–H groups in total. The summed E-state index contributed by atoms with van der Waals surface area (Å²) < 4.78 is 27.6. The van der Waals surface area contributed by atoms with Crippen molar-refractivity contribution in [2.45, 2.75) is 17.9 Å². The lowest BCUT2D eigenvalue weighted by Crippen LogP contribution is -2.11. The number of thiophene rings is 1. The van der Waals surface area contributed by atoms with Crippen molar-refractivity contribution in [3.05, 3.63) is 29.2 Å². The molecule has 7 nitrogen and oxygen atoms in total. The van der Waals surface area contributed by atoms with Gasteiger partial charge in [0.2, 0.25) is 0 Å². The van der Waals surface area contributed by atoms with Gasteiger partial charge in [-0.2, -0.15) is 16.4 Å². The van der Waals surface area contributed by atoms with Crippen molar-refractivity contribution in [3.8, 4) is 0 Å². The van der Waals surface area contributed by atoms with Gasteiger partial charge < -0.3 is 5.11 Å². The van der Waals surface area contributed by atoms with E-state index in [1.54, 1.807) is 16.8 Å². The van der Waals surface area contributed by atoms with Gasteiger partial charge >= 0.3 is 5.97 Å². The van der Waals surface area contributed by atoms with Crippen molar-refractivity contribution < 1.29 is 18.3 Å². The van der Waals surface area contributed by atoms with Crippen LogP contribution in [0.2, 0.25) is 0 Å². The molecule has 0 saturated heterocycles. The third-order valence-electron chi connectivity index (χ3n) is 2.25. The number of hydrogen-bond acceptors (Lipinski definition) is 5. The zero-order valence-corrected chi connectivity index (χ0v) is 11.3. The average molecular weight is 301 g/mol. The van der Waals surface area contributed by atoms with Crippen LogP contribution in [-0.4, -0.2) is 29.3 Å². The lowest BCUT2D eigenvalue weighted by molar-refractivity contribution is -0.137. The summed E-state index contributed by atoms with van der Waals surface area (Å²) in [5.41, 5.74) is 0.489. The Bertz CT molecular complexity index is 661. The van der Waals surface area contributed by atoms with Gasteiger partial charge in [-0.15, -0.1) is 0 Å². The Morgan fingerprint density at radius 3 is 2.95 bits per heavy atom. The number of sulfonamides is 1. The molecule has 0 bridgehead atoms. The SMILES string of the molecule is O=C(O)CCn1cc(S(=O)(=O)Nc2ccsc2)cn1. The van der Waals surface area contributed by atoms with E-state index in [1.165, 1.54) is 28.4 Å². The minimum Gasteiger partial charge on any atom is -0.481 e. The number of anilines is 1. The van der Waals surface area contributed by atoms with Crippen molar-refractivity contribution in [1.29, 1.82) is 0 Å². The third-order valence-corrected chi connectivity index (χ3v) is 4.27. The van der Waals surface area contributed by atoms with E-state index in [0.29, 0.717) is 5.69 Å². The van der Waals surface area contributed by atoms with E-state index in [2.05, 4.69) is 9.82 Å². The maximum absolute atomic E-state index is 12.0. The number of carboxylic acid groups (broad SMARTS) is 1. The maximum atomic E-state index is 12.0. The van der Waals surface area contributed by atoms with E-state index in [0.717, 1.165) is 0 Å². The Kier molecular flexibility index (Phi) is 3.86. The molecule has 0 spiro atoms. The van der Waals surface area contributed by atoms with Gasteiger partial charge in [-0.1, -0.05) is 0 Å². The molecule has 0 aliphatic carbocycles. The molecule has 102 valence electrons. The summed E-state index contributed by atoms with van der Waals surface area (Å²) in [5.74, 6) is -0.962. The number of hydrogen-bond donors (Lipinski definition) is 2. The predicted octanol–water partition coefficient (Wildman–Crippen LogP) is 1.22. The molecule has 0 unspecified atom stereocenters. The zero-order valence-electron chi connectivity index (χ0n) is 9.68. The number of carboxylic acids is 1. The molecule has 9 heteroatoms. The normalized spacial score (nSPS) is 11.4. The average Bonchev–Trinajstić information content (AvgIpc) is 2.96. The molecular formula is C10H11N3O4S2. The summed E-state index contributed by atoms with van der Waals surface area (Å²) >= 11 is 1.38. The molecule has 19 heavy (non-hydrogen) atoms. The standard InChI is InChI=1S/C10H11N3O4S2/c14-10(15)1-3-13-6-9(5-11-13)19(16,17)12-8-2-4-18-7-8/h2,4-7,12H,1,3H2,(H,14,15). The monoisotopic (exact) mass is 301 g/mol. The quantitative estimate of drug-likeness (QED) is 0.835. The molecule has 2 heterocycles. The molecule has 2 aromatic heterocycles. The van der Waals surface area contributed by atoms with E-state index in [9.17, 15) is 13.2 Å². The van der Waals surface area contributed by atoms with Gasteiger partial charge in [0.1, 0.15) is 4.90 Å². The molecule has 0 fully saturated rings. The van der Waals surface area contributed by atoms with Crippen LogP contribution in [0.5, 0.6) is 0 Å². The molecule has 2 aromatic rings. The zero-order chi connectivity index (χ0) is 13.9. The molecule has 2 rings (SSSR count). The largest absolute Gasteiger partial charge is 0.481 e. The molecule has 0 saturated carbocycles. The van der Waals surface area contributed by atoms with E-state index in [4.69, 9.17) is 5.11 Å². The molecular weight excluding hydrogens is 290 g/mol. The van der Waals surface area contributed by atoms with Crippen LogP contribution >= 0.6 is 11.3 Å². The Labute approximate surface area is 113 Å². The summed E-state index contributed by atoms with van der Waals surface area (Å²) in [5, 5.41) is 15.8. The Morgan fingerprint density at radius 1 is 1.53 bits per heavy atom. The number of carbonyl (C=O) groups is 1. The Morgan fingerprint density at radius 2 is 2.32 bits per heavy atom. The molecule has 0 aliphatic heterocycles. The van der Waals surface area contributed by atoms with E-state index in [1.807, 2.05) is 0 Å². The molecule has 0 radical (unpaired) electrons. The lowest BCUT2D eigenvalue weighted by Gasteiger charge is -2.02. The Hall–Kier alpha value is -1.87. The third kappa shape index (κ3) is 3.55. The van der Waals surface area contributed by atoms with E-state index < -0.39 is 16.0 Å². The van der Waals surface area contributed by atoms with Crippen LogP contribution in [0, 0.1) is 0 Å². The van der Waals surface area contributed by atoms with Crippen molar-refractivity contribution in [2.24, 2.45) is 0 Å². The Balaban J connectivity index is 2.10. The van der Waals surface area contributed by atoms with Crippen molar-refractivity contribution in [1.82, 2.24) is 9.78 Å². The minimum absolute atomic E-state index is 0.00379. The van der Waals surface area contributed by atoms with Crippen molar-refractivity contribution >= 4 is 33.0 Å². The summed E-state index contributed by atoms with van der Waals surface area (Å²) in [7, 11) is -3.68. The van der Waals surface area contributed by atoms with Crippen LogP contribution in [0.15, 0.2) is 34.1 Å². The molecule has 0 aromatic carbocycles. The summed E-state index contributed by atoms with van der Waals surface area (Å²) in [6.07, 6.45) is 2.38. The second-order valence-electron chi connectivity index (χ2n) is 3.70. The van der Waals surface area contributed by atoms with Gasteiger partial charge in [-0.25, -0.2) is 8.42 Å². The first-order chi connectivity index (χ1) is 8.97. The lowest BCUT2D eigenvalue weighted by atomic mass is 10.4. The summed E-state index contributed by atoms with van der Waals surface area (Å²) in [4.78, 5) is 10.4. The fourth-order valence-corrected chi connectivity index (χ4v) is 3.02. The smallest absolute Gasteiger partial charge is 0.305 e. The topological polar surface area (TPSA) is 101 Å². The first-order valence-electron chi connectivity index (χ1n) is 5.26. The second kappa shape index (κ2) is 5.41. The van der Waals surface area contributed by atoms with E-state index >= 15 is 0 Å². The fourth-order valence-electron chi connectivity index (χ4n) is 1.35. The number of rotatable bonds is 6. The van der Waals surface area contributed by atoms with Crippen LogP contribution < -0.4 is 4.72 Å². The maximum Gasteiger partial charge on any atom is 0.305 e. The first-order valence-corrected chi connectivity index (χ1v) is 7.69. The number of aromatic nitrogens is 2. The molecule has 0 atom stereocenters. The van der Waals surface area contributed by atoms with Gasteiger partial charge in [-0.05, 0) is 11.4 Å². The minimum atomic E-state index is -3.68. The van der Waals surface area contributed by atoms with Gasteiger partial charge in [0, 0.05) is 11.6 Å². The van der Waals surface area contributed by atoms with Crippen molar-refractivity contribution in [3.63, 3.8) is 0 Å². The van der Waals surface area contributed by atoms with Gasteiger partial charge in [0.15, 0.2) is 0 Å². The fraction of sp³-hybridized carbons (Fsp3) is 0.200. The van der Waals surface area contributed by atoms with Gasteiger partial charge in [0.25, 0.3) is 10.0 Å². The highest BCUT2D eigenvalue weighted by atomic mass is 32.2. The van der Waals surface area contributed by atoms with Gasteiger partial charge in [-0.3, -0.25) is 14.2 Å². The number of aryl methyl sites for hydroxylation is 1. The van der Waals surface area contributed by atoms with Crippen LogP contribution in [-0.2, 0) is 21.4 Å². The van der Waals surface area contributed by atoms with Crippen LogP contribution in [0.25, 0.3) is 0 Å². The highest BCUT2D eigenvalue weighted by Gasteiger charge is 2.17. The highest BCUT2D eigenvalue weighted by molar-refractivity contribution is 7.92. The predicted molar refractivity (Wildman–Crippen MR) is 69.6 cm³/mol. The second-order valence-corrected chi connectivity index (χ2v) is 6.16. The highest BCUT2D eigenvalue weighted by Crippen LogP contribution is 2.17. The number of nitrogens with zero attached hydrogens (tertiary/aromatic N) is 2.